The molecule has 1 aromatic rings. The Kier molecular flexibility index (Phi) is 7.61. The fourth-order valence-corrected chi connectivity index (χ4v) is 4.05. The summed E-state index contributed by atoms with van der Waals surface area (Å²) < 4.78 is 0. The Morgan fingerprint density at radius 2 is 1.92 bits per heavy atom. The molecule has 1 aliphatic rings. The quantitative estimate of drug-likeness (QED) is 0.506. The summed E-state index contributed by atoms with van der Waals surface area (Å²) in [5, 5.41) is 5.86. The van der Waals surface area contributed by atoms with Crippen molar-refractivity contribution < 1.29 is 9.59 Å². The van der Waals surface area contributed by atoms with Crippen LogP contribution in [-0.4, -0.2) is 28.7 Å². The van der Waals surface area contributed by atoms with E-state index < -0.39 is 0 Å². The minimum Gasteiger partial charge on any atom is -0.351 e. The van der Waals surface area contributed by atoms with E-state index in [1.165, 1.54) is 0 Å². The average Bonchev–Trinajstić information content (AvgIpc) is 2.94. The maximum absolute atomic E-state index is 12.5. The van der Waals surface area contributed by atoms with Crippen LogP contribution in [-0.2, 0) is 16.1 Å². The predicted molar refractivity (Wildman–Crippen MR) is 108 cm³/mol. The van der Waals surface area contributed by atoms with E-state index in [-0.39, 0.29) is 28.7 Å². The number of halogens is 1. The Bertz CT molecular complexity index is 636. The smallest absolute Gasteiger partial charge is 0.239 e. The van der Waals surface area contributed by atoms with E-state index in [2.05, 4.69) is 51.3 Å². The third-order valence-corrected chi connectivity index (χ3v) is 5.44. The monoisotopic (exact) mass is 424 g/mol. The van der Waals surface area contributed by atoms with E-state index in [1.54, 1.807) is 0 Å². The highest BCUT2D eigenvalue weighted by atomic mass is 79.9. The maximum atomic E-state index is 12.5. The lowest BCUT2D eigenvalue weighted by Crippen LogP contribution is -2.45. The van der Waals surface area contributed by atoms with Gasteiger partial charge in [-0.25, -0.2) is 5.43 Å². The summed E-state index contributed by atoms with van der Waals surface area (Å²) in [6, 6.07) is 7.43. The zero-order valence-corrected chi connectivity index (χ0v) is 17.4. The third-order valence-electron chi connectivity index (χ3n) is 4.34. The molecule has 1 aliphatic heterocycles. The number of hydrazine groups is 1. The van der Waals surface area contributed by atoms with Gasteiger partial charge in [0.15, 0.2) is 0 Å². The van der Waals surface area contributed by atoms with Crippen LogP contribution in [0.3, 0.4) is 0 Å². The van der Waals surface area contributed by atoms with Gasteiger partial charge in [-0.2, -0.15) is 0 Å². The number of amides is 2. The average molecular weight is 425 g/mol. The SMILES string of the molecule is CC(C)CC(=O)Nc1cccc(CNC(=O)C2NNC(C(C)C)C2Br)c1. The summed E-state index contributed by atoms with van der Waals surface area (Å²) in [6.07, 6.45) is 0.491. The summed E-state index contributed by atoms with van der Waals surface area (Å²) in [7, 11) is 0. The van der Waals surface area contributed by atoms with Gasteiger partial charge in [0.2, 0.25) is 11.8 Å². The molecule has 0 spiro atoms. The first kappa shape index (κ1) is 20.9. The second kappa shape index (κ2) is 9.48. The fourth-order valence-electron chi connectivity index (χ4n) is 2.94. The highest BCUT2D eigenvalue weighted by molar-refractivity contribution is 9.09. The number of hydrogen-bond donors (Lipinski definition) is 4. The lowest BCUT2D eigenvalue weighted by Gasteiger charge is -2.19. The van der Waals surface area contributed by atoms with Gasteiger partial charge in [0, 0.05) is 24.7 Å². The molecule has 4 N–H and O–H groups in total. The number of carbonyl (C=O) groups is 2. The molecule has 1 saturated heterocycles. The number of benzene rings is 1. The number of anilines is 1. The van der Waals surface area contributed by atoms with Crippen LogP contribution in [0.5, 0.6) is 0 Å². The molecule has 0 aromatic heterocycles. The number of rotatable bonds is 7. The summed E-state index contributed by atoms with van der Waals surface area (Å²) in [5.74, 6) is 0.675. The Balaban J connectivity index is 1.88. The number of carbonyl (C=O) groups excluding carboxylic acids is 2. The van der Waals surface area contributed by atoms with Crippen molar-refractivity contribution in [3.63, 3.8) is 0 Å². The molecule has 26 heavy (non-hydrogen) atoms. The molecule has 0 bridgehead atoms. The van der Waals surface area contributed by atoms with Crippen molar-refractivity contribution in [3.05, 3.63) is 29.8 Å². The van der Waals surface area contributed by atoms with Gasteiger partial charge < -0.3 is 10.6 Å². The van der Waals surface area contributed by atoms with Crippen LogP contribution in [0.15, 0.2) is 24.3 Å². The largest absolute Gasteiger partial charge is 0.351 e. The highest BCUT2D eigenvalue weighted by Crippen LogP contribution is 2.22. The van der Waals surface area contributed by atoms with Gasteiger partial charge in [0.25, 0.3) is 0 Å². The van der Waals surface area contributed by atoms with Crippen LogP contribution < -0.4 is 21.5 Å². The second-order valence-electron chi connectivity index (χ2n) is 7.54. The van der Waals surface area contributed by atoms with Crippen LogP contribution in [0.1, 0.15) is 39.7 Å². The van der Waals surface area contributed by atoms with Gasteiger partial charge in [-0.05, 0) is 29.5 Å². The van der Waals surface area contributed by atoms with E-state index in [1.807, 2.05) is 38.1 Å². The maximum Gasteiger partial charge on any atom is 0.239 e. The summed E-state index contributed by atoms with van der Waals surface area (Å²) in [4.78, 5) is 24.4. The standard InChI is InChI=1S/C19H29BrN4O2/c1-11(2)8-15(25)22-14-7-5-6-13(9-14)10-21-19(26)18-16(20)17(12(3)4)23-24-18/h5-7,9,11-12,16-18,23-24H,8,10H2,1-4H3,(H,21,26)(H,22,25). The van der Waals surface area contributed by atoms with E-state index in [4.69, 9.17) is 0 Å². The molecule has 1 heterocycles. The Hall–Kier alpha value is -1.44. The molecule has 0 radical (unpaired) electrons. The molecule has 6 nitrogen and oxygen atoms in total. The normalized spacial score (nSPS) is 22.7. The number of hydrogen-bond acceptors (Lipinski definition) is 4. The fraction of sp³-hybridized carbons (Fsp3) is 0.579. The minimum absolute atomic E-state index is 0.00396. The van der Waals surface area contributed by atoms with Crippen LogP contribution in [0.2, 0.25) is 0 Å². The van der Waals surface area contributed by atoms with Crippen molar-refractivity contribution in [2.45, 2.75) is 57.6 Å². The van der Waals surface area contributed by atoms with Crippen LogP contribution in [0.4, 0.5) is 5.69 Å². The van der Waals surface area contributed by atoms with E-state index >= 15 is 0 Å². The van der Waals surface area contributed by atoms with Crippen LogP contribution >= 0.6 is 15.9 Å². The molecule has 2 rings (SSSR count). The van der Waals surface area contributed by atoms with E-state index in [9.17, 15) is 9.59 Å². The Morgan fingerprint density at radius 3 is 2.54 bits per heavy atom. The summed E-state index contributed by atoms with van der Waals surface area (Å²) >= 11 is 3.62. The first-order chi connectivity index (χ1) is 12.3. The zero-order valence-electron chi connectivity index (χ0n) is 15.8. The molecular weight excluding hydrogens is 396 g/mol. The molecule has 7 heteroatoms. The molecular formula is C19H29BrN4O2. The molecule has 2 amide bonds. The lowest BCUT2D eigenvalue weighted by atomic mass is 9.99. The van der Waals surface area contributed by atoms with Crippen molar-refractivity contribution in [1.29, 1.82) is 0 Å². The van der Waals surface area contributed by atoms with Crippen LogP contribution in [0.25, 0.3) is 0 Å². The van der Waals surface area contributed by atoms with Crippen molar-refractivity contribution >= 4 is 33.4 Å². The van der Waals surface area contributed by atoms with Crippen molar-refractivity contribution in [3.8, 4) is 0 Å². The van der Waals surface area contributed by atoms with Crippen molar-refractivity contribution in [2.24, 2.45) is 11.8 Å². The highest BCUT2D eigenvalue weighted by Gasteiger charge is 2.39. The predicted octanol–water partition coefficient (Wildman–Crippen LogP) is 2.55. The third kappa shape index (κ3) is 5.79. The summed E-state index contributed by atoms with van der Waals surface area (Å²) in [6.45, 7) is 8.67. The Labute approximate surface area is 164 Å². The summed E-state index contributed by atoms with van der Waals surface area (Å²) in [5.41, 5.74) is 7.93. The van der Waals surface area contributed by atoms with Gasteiger partial charge in [-0.3, -0.25) is 15.0 Å². The second-order valence-corrected chi connectivity index (χ2v) is 8.60. The first-order valence-corrected chi connectivity index (χ1v) is 10.0. The van der Waals surface area contributed by atoms with Crippen molar-refractivity contribution in [1.82, 2.24) is 16.2 Å². The van der Waals surface area contributed by atoms with Crippen molar-refractivity contribution in [2.75, 3.05) is 5.32 Å². The van der Waals surface area contributed by atoms with Gasteiger partial charge in [-0.1, -0.05) is 55.8 Å². The minimum atomic E-state index is -0.323. The molecule has 1 fully saturated rings. The molecule has 144 valence electrons. The van der Waals surface area contributed by atoms with Gasteiger partial charge in [0.05, 0.1) is 4.83 Å². The van der Waals surface area contributed by atoms with Gasteiger partial charge in [-0.15, -0.1) is 0 Å². The van der Waals surface area contributed by atoms with Gasteiger partial charge >= 0.3 is 0 Å². The Morgan fingerprint density at radius 1 is 1.19 bits per heavy atom. The molecule has 0 saturated carbocycles. The molecule has 1 aromatic carbocycles. The lowest BCUT2D eigenvalue weighted by molar-refractivity contribution is -0.123. The van der Waals surface area contributed by atoms with Gasteiger partial charge in [0.1, 0.15) is 6.04 Å². The molecule has 0 aliphatic carbocycles. The van der Waals surface area contributed by atoms with E-state index in [0.29, 0.717) is 24.8 Å². The number of nitrogens with one attached hydrogen (secondary N) is 4. The molecule has 3 unspecified atom stereocenters. The number of alkyl halides is 1. The van der Waals surface area contributed by atoms with Crippen LogP contribution in [0, 0.1) is 11.8 Å². The first-order valence-electron chi connectivity index (χ1n) is 9.09. The van der Waals surface area contributed by atoms with E-state index in [0.717, 1.165) is 11.3 Å². The topological polar surface area (TPSA) is 82.3 Å². The molecule has 3 atom stereocenters. The zero-order chi connectivity index (χ0) is 19.3.